The molecule has 1 aromatic heterocycles. The molecule has 26 heavy (non-hydrogen) atoms. The van der Waals surface area contributed by atoms with E-state index in [1.165, 1.54) is 16.9 Å². The SMILES string of the molecule is CC(C)n1c(=O)sc2cc(NC(=O)[C@H](C)SCc3ccccc3)ccc21. The molecule has 4 nitrogen and oxygen atoms in total. The number of rotatable bonds is 6. The Labute approximate surface area is 161 Å². The van der Waals surface area contributed by atoms with E-state index in [4.69, 9.17) is 0 Å². The van der Waals surface area contributed by atoms with Crippen LogP contribution >= 0.6 is 23.1 Å². The van der Waals surface area contributed by atoms with Gasteiger partial charge >= 0.3 is 4.87 Å². The number of carbonyl (C=O) groups is 1. The van der Waals surface area contributed by atoms with Crippen LogP contribution in [0.3, 0.4) is 0 Å². The average Bonchev–Trinajstić information content (AvgIpc) is 2.95. The van der Waals surface area contributed by atoms with E-state index in [2.05, 4.69) is 17.4 Å². The highest BCUT2D eigenvalue weighted by Gasteiger charge is 2.15. The van der Waals surface area contributed by atoms with Gasteiger partial charge < -0.3 is 5.32 Å². The average molecular weight is 387 g/mol. The van der Waals surface area contributed by atoms with Crippen LogP contribution in [0.25, 0.3) is 10.2 Å². The molecular formula is C20H22N2O2S2. The number of hydrogen-bond acceptors (Lipinski definition) is 4. The summed E-state index contributed by atoms with van der Waals surface area (Å²) in [7, 11) is 0. The van der Waals surface area contributed by atoms with Crippen molar-refractivity contribution in [1.82, 2.24) is 4.57 Å². The number of hydrogen-bond donors (Lipinski definition) is 1. The van der Waals surface area contributed by atoms with Gasteiger partial charge in [0.1, 0.15) is 0 Å². The monoisotopic (exact) mass is 386 g/mol. The summed E-state index contributed by atoms with van der Waals surface area (Å²) in [5.74, 6) is 0.772. The van der Waals surface area contributed by atoms with Crippen LogP contribution in [0.15, 0.2) is 53.3 Å². The summed E-state index contributed by atoms with van der Waals surface area (Å²) in [6, 6.07) is 15.9. The number of fused-ring (bicyclic) bond motifs is 1. The van der Waals surface area contributed by atoms with Crippen LogP contribution in [0.2, 0.25) is 0 Å². The maximum absolute atomic E-state index is 12.5. The number of amides is 1. The Bertz CT molecular complexity index is 961. The van der Waals surface area contributed by atoms with Gasteiger partial charge in [0.2, 0.25) is 5.91 Å². The molecule has 136 valence electrons. The van der Waals surface area contributed by atoms with Crippen LogP contribution < -0.4 is 10.2 Å². The largest absolute Gasteiger partial charge is 0.325 e. The Morgan fingerprint density at radius 1 is 1.15 bits per heavy atom. The molecule has 0 saturated carbocycles. The molecule has 0 unspecified atom stereocenters. The van der Waals surface area contributed by atoms with Gasteiger partial charge in [-0.3, -0.25) is 14.2 Å². The zero-order valence-electron chi connectivity index (χ0n) is 15.1. The lowest BCUT2D eigenvalue weighted by atomic mass is 10.2. The van der Waals surface area contributed by atoms with E-state index in [0.717, 1.165) is 21.7 Å². The van der Waals surface area contributed by atoms with Gasteiger partial charge in [0.15, 0.2) is 0 Å². The minimum atomic E-state index is -0.162. The summed E-state index contributed by atoms with van der Waals surface area (Å²) in [6.07, 6.45) is 0. The lowest BCUT2D eigenvalue weighted by molar-refractivity contribution is -0.115. The molecule has 1 N–H and O–H groups in total. The van der Waals surface area contributed by atoms with Crippen molar-refractivity contribution in [3.63, 3.8) is 0 Å². The van der Waals surface area contributed by atoms with Crippen molar-refractivity contribution in [1.29, 1.82) is 0 Å². The molecule has 1 atom stereocenters. The molecule has 6 heteroatoms. The lowest BCUT2D eigenvalue weighted by Crippen LogP contribution is -2.22. The van der Waals surface area contributed by atoms with Gasteiger partial charge in [-0.1, -0.05) is 41.7 Å². The highest BCUT2D eigenvalue weighted by atomic mass is 32.2. The zero-order valence-corrected chi connectivity index (χ0v) is 16.7. The summed E-state index contributed by atoms with van der Waals surface area (Å²) < 4.78 is 2.68. The van der Waals surface area contributed by atoms with Crippen molar-refractivity contribution in [2.75, 3.05) is 5.32 Å². The smallest absolute Gasteiger partial charge is 0.308 e. The normalized spacial score (nSPS) is 12.5. The van der Waals surface area contributed by atoms with Crippen LogP contribution in [0, 0.1) is 0 Å². The number of anilines is 1. The first-order chi connectivity index (χ1) is 12.5. The summed E-state index contributed by atoms with van der Waals surface area (Å²) >= 11 is 2.82. The van der Waals surface area contributed by atoms with Crippen molar-refractivity contribution in [3.05, 3.63) is 63.8 Å². The second-order valence-corrected chi connectivity index (χ2v) is 8.76. The fourth-order valence-electron chi connectivity index (χ4n) is 2.72. The first-order valence-corrected chi connectivity index (χ1v) is 10.4. The topological polar surface area (TPSA) is 51.1 Å². The highest BCUT2D eigenvalue weighted by Crippen LogP contribution is 2.25. The molecule has 1 amide bonds. The van der Waals surface area contributed by atoms with Gasteiger partial charge in [-0.25, -0.2) is 0 Å². The van der Waals surface area contributed by atoms with Crippen molar-refractivity contribution in [3.8, 4) is 0 Å². The van der Waals surface area contributed by atoms with Crippen molar-refractivity contribution < 1.29 is 4.79 Å². The predicted molar refractivity (Wildman–Crippen MR) is 112 cm³/mol. The van der Waals surface area contributed by atoms with Crippen LogP contribution in [0.5, 0.6) is 0 Å². The zero-order chi connectivity index (χ0) is 18.7. The summed E-state index contributed by atoms with van der Waals surface area (Å²) in [5, 5.41) is 2.80. The third-order valence-corrected chi connectivity index (χ3v) is 6.24. The Balaban J connectivity index is 1.68. The molecular weight excluding hydrogens is 364 g/mol. The van der Waals surface area contributed by atoms with Gasteiger partial charge in [0.25, 0.3) is 0 Å². The third-order valence-electron chi connectivity index (χ3n) is 4.11. The molecule has 2 aromatic carbocycles. The number of nitrogens with one attached hydrogen (secondary N) is 1. The molecule has 0 aliphatic carbocycles. The molecule has 0 radical (unpaired) electrons. The number of nitrogens with zero attached hydrogens (tertiary/aromatic N) is 1. The molecule has 0 bridgehead atoms. The lowest BCUT2D eigenvalue weighted by Gasteiger charge is -2.12. The third kappa shape index (κ3) is 4.19. The maximum atomic E-state index is 12.5. The number of carbonyl (C=O) groups excluding carboxylic acids is 1. The standard InChI is InChI=1S/C20H22N2O2S2/c1-13(2)22-17-10-9-16(11-18(17)26-20(22)24)21-19(23)14(3)25-12-15-7-5-4-6-8-15/h4-11,13-14H,12H2,1-3H3,(H,21,23)/t14-/m0/s1. The summed E-state index contributed by atoms with van der Waals surface area (Å²) in [5.41, 5.74) is 2.85. The van der Waals surface area contributed by atoms with Crippen molar-refractivity contribution >= 4 is 44.9 Å². The van der Waals surface area contributed by atoms with Gasteiger partial charge in [0, 0.05) is 17.5 Å². The van der Waals surface area contributed by atoms with Gasteiger partial charge in [-0.05, 0) is 44.5 Å². The highest BCUT2D eigenvalue weighted by molar-refractivity contribution is 7.99. The van der Waals surface area contributed by atoms with Crippen LogP contribution in [0.4, 0.5) is 5.69 Å². The molecule has 1 heterocycles. The van der Waals surface area contributed by atoms with E-state index in [0.29, 0.717) is 0 Å². The quantitative estimate of drug-likeness (QED) is 0.655. The van der Waals surface area contributed by atoms with E-state index in [1.807, 2.05) is 57.2 Å². The fraction of sp³-hybridized carbons (Fsp3) is 0.300. The number of thioether (sulfide) groups is 1. The van der Waals surface area contributed by atoms with Gasteiger partial charge in [-0.15, -0.1) is 11.8 Å². The number of aromatic nitrogens is 1. The van der Waals surface area contributed by atoms with E-state index in [1.54, 1.807) is 16.3 Å². The Morgan fingerprint density at radius 2 is 1.88 bits per heavy atom. The van der Waals surface area contributed by atoms with E-state index in [9.17, 15) is 9.59 Å². The van der Waals surface area contributed by atoms with E-state index >= 15 is 0 Å². The molecule has 3 rings (SSSR count). The Morgan fingerprint density at radius 3 is 2.58 bits per heavy atom. The molecule has 0 fully saturated rings. The fourth-order valence-corrected chi connectivity index (χ4v) is 4.62. The second kappa shape index (κ2) is 8.10. The minimum Gasteiger partial charge on any atom is -0.325 e. The van der Waals surface area contributed by atoms with E-state index < -0.39 is 0 Å². The van der Waals surface area contributed by atoms with Crippen molar-refractivity contribution in [2.45, 2.75) is 37.8 Å². The van der Waals surface area contributed by atoms with Crippen LogP contribution in [-0.4, -0.2) is 15.7 Å². The number of thiazole rings is 1. The molecule has 3 aromatic rings. The molecule has 0 spiro atoms. The minimum absolute atomic E-state index is 0.0269. The van der Waals surface area contributed by atoms with Crippen LogP contribution in [0.1, 0.15) is 32.4 Å². The molecule has 0 aliphatic heterocycles. The van der Waals surface area contributed by atoms with Gasteiger partial charge in [-0.2, -0.15) is 0 Å². The molecule has 0 saturated heterocycles. The first kappa shape index (κ1) is 18.7. The Hall–Kier alpha value is -2.05. The Kier molecular flexibility index (Phi) is 5.84. The summed E-state index contributed by atoms with van der Waals surface area (Å²) in [4.78, 5) is 24.6. The number of benzene rings is 2. The van der Waals surface area contributed by atoms with Crippen LogP contribution in [-0.2, 0) is 10.5 Å². The first-order valence-electron chi connectivity index (χ1n) is 8.57. The summed E-state index contributed by atoms with van der Waals surface area (Å²) in [6.45, 7) is 5.90. The second-order valence-electron chi connectivity index (χ2n) is 6.44. The maximum Gasteiger partial charge on any atom is 0.308 e. The van der Waals surface area contributed by atoms with E-state index in [-0.39, 0.29) is 22.1 Å². The molecule has 0 aliphatic rings. The predicted octanol–water partition coefficient (Wildman–Crippen LogP) is 4.90. The van der Waals surface area contributed by atoms with Gasteiger partial charge in [0.05, 0.1) is 15.5 Å². The van der Waals surface area contributed by atoms with Crippen molar-refractivity contribution in [2.24, 2.45) is 0 Å².